The first-order chi connectivity index (χ1) is 8.88. The van der Waals surface area contributed by atoms with Crippen molar-refractivity contribution < 1.29 is 4.79 Å². The Morgan fingerprint density at radius 2 is 2.00 bits per heavy atom. The third kappa shape index (κ3) is 4.25. The van der Waals surface area contributed by atoms with Gasteiger partial charge in [0.05, 0.1) is 5.41 Å². The summed E-state index contributed by atoms with van der Waals surface area (Å²) < 4.78 is 0. The number of fused-ring (bicyclic) bond motifs is 1. The van der Waals surface area contributed by atoms with Gasteiger partial charge >= 0.3 is 0 Å². The molecule has 0 unspecified atom stereocenters. The van der Waals surface area contributed by atoms with Crippen molar-refractivity contribution in [2.75, 3.05) is 33.7 Å². The first kappa shape index (κ1) is 21.0. The number of nitrogens with one attached hydrogen (secondary N) is 2. The van der Waals surface area contributed by atoms with E-state index < -0.39 is 0 Å². The predicted octanol–water partition coefficient (Wildman–Crippen LogP) is 2.07. The number of hydrogen-bond acceptors (Lipinski definition) is 3. The van der Waals surface area contributed by atoms with Gasteiger partial charge in [-0.25, -0.2) is 0 Å². The third-order valence-electron chi connectivity index (χ3n) is 5.38. The average Bonchev–Trinajstić information content (AvgIpc) is 2.80. The summed E-state index contributed by atoms with van der Waals surface area (Å²) in [6, 6.07) is 0. The van der Waals surface area contributed by atoms with E-state index in [1.807, 2.05) is 0 Å². The van der Waals surface area contributed by atoms with Crippen molar-refractivity contribution in [3.8, 4) is 0 Å². The van der Waals surface area contributed by atoms with Crippen LogP contribution < -0.4 is 10.6 Å². The fourth-order valence-electron chi connectivity index (χ4n) is 3.32. The molecule has 2 rings (SSSR count). The Hall–Kier alpha value is -0.0300. The lowest BCUT2D eigenvalue weighted by atomic mass is 9.67. The van der Waals surface area contributed by atoms with Gasteiger partial charge < -0.3 is 15.5 Å². The third-order valence-corrected chi connectivity index (χ3v) is 5.38. The molecule has 0 aromatic carbocycles. The minimum atomic E-state index is -0.124. The van der Waals surface area contributed by atoms with Gasteiger partial charge in [-0.1, -0.05) is 12.8 Å². The number of nitrogens with zero attached hydrogens (tertiary/aromatic N) is 1. The first-order valence-electron chi connectivity index (χ1n) is 7.55. The molecule has 21 heavy (non-hydrogen) atoms. The van der Waals surface area contributed by atoms with Crippen LogP contribution in [0, 0.1) is 11.3 Å². The lowest BCUT2D eigenvalue weighted by Crippen LogP contribution is -2.54. The summed E-state index contributed by atoms with van der Waals surface area (Å²) >= 11 is 0. The molecule has 2 atom stereocenters. The van der Waals surface area contributed by atoms with E-state index in [4.69, 9.17) is 0 Å². The molecule has 4 nitrogen and oxygen atoms in total. The molecule has 0 radical (unpaired) electrons. The summed E-state index contributed by atoms with van der Waals surface area (Å²) in [7, 11) is 4.12. The molecular weight excluding hydrogens is 309 g/mol. The highest BCUT2D eigenvalue weighted by molar-refractivity contribution is 5.85. The van der Waals surface area contributed by atoms with E-state index in [2.05, 4.69) is 43.5 Å². The molecule has 1 saturated carbocycles. The van der Waals surface area contributed by atoms with Crippen LogP contribution in [0.15, 0.2) is 0 Å². The number of rotatable bonds is 4. The zero-order valence-electron chi connectivity index (χ0n) is 13.7. The van der Waals surface area contributed by atoms with Crippen LogP contribution in [0.4, 0.5) is 0 Å². The Bertz CT molecular complexity index is 350. The Kier molecular flexibility index (Phi) is 7.99. The SMILES string of the molecule is CN(C)C(C)(C)CNC(=O)[C@@]12CCCC[C@H]1CNC2.Cl.Cl. The van der Waals surface area contributed by atoms with E-state index in [1.165, 1.54) is 19.3 Å². The highest BCUT2D eigenvalue weighted by Crippen LogP contribution is 2.43. The predicted molar refractivity (Wildman–Crippen MR) is 92.5 cm³/mol. The molecule has 0 spiro atoms. The molecule has 2 aliphatic rings. The minimum absolute atomic E-state index is 0. The summed E-state index contributed by atoms with van der Waals surface area (Å²) in [5, 5.41) is 6.65. The fourth-order valence-corrected chi connectivity index (χ4v) is 3.32. The van der Waals surface area contributed by atoms with Crippen molar-refractivity contribution in [1.82, 2.24) is 15.5 Å². The number of hydrogen-bond donors (Lipinski definition) is 2. The summed E-state index contributed by atoms with van der Waals surface area (Å²) in [5.74, 6) is 0.820. The first-order valence-corrected chi connectivity index (χ1v) is 7.55. The molecular formula is C15H31Cl2N3O. The van der Waals surface area contributed by atoms with Crippen LogP contribution in [0.2, 0.25) is 0 Å². The van der Waals surface area contributed by atoms with Crippen LogP contribution in [0.3, 0.4) is 0 Å². The lowest BCUT2D eigenvalue weighted by Gasteiger charge is -2.39. The molecule has 1 amide bonds. The van der Waals surface area contributed by atoms with Crippen molar-refractivity contribution in [2.45, 2.75) is 45.1 Å². The van der Waals surface area contributed by atoms with Crippen LogP contribution in [-0.2, 0) is 4.79 Å². The van der Waals surface area contributed by atoms with Crippen molar-refractivity contribution >= 4 is 30.7 Å². The highest BCUT2D eigenvalue weighted by Gasteiger charge is 2.49. The second-order valence-corrected chi connectivity index (χ2v) is 7.12. The number of likely N-dealkylation sites (N-methyl/N-ethyl adjacent to an activating group) is 1. The van der Waals surface area contributed by atoms with Gasteiger partial charge in [0, 0.05) is 18.6 Å². The number of halogens is 2. The Morgan fingerprint density at radius 3 is 2.62 bits per heavy atom. The highest BCUT2D eigenvalue weighted by atomic mass is 35.5. The minimum Gasteiger partial charge on any atom is -0.354 e. The monoisotopic (exact) mass is 339 g/mol. The molecule has 0 bridgehead atoms. The van der Waals surface area contributed by atoms with Gasteiger partial charge in [0.2, 0.25) is 5.91 Å². The summed E-state index contributed by atoms with van der Waals surface area (Å²) in [4.78, 5) is 14.9. The zero-order chi connectivity index (χ0) is 14.1. The Morgan fingerprint density at radius 1 is 1.33 bits per heavy atom. The van der Waals surface area contributed by atoms with Crippen LogP contribution in [0.5, 0.6) is 0 Å². The number of carbonyl (C=O) groups is 1. The lowest BCUT2D eigenvalue weighted by molar-refractivity contribution is -0.134. The Labute approximate surface area is 141 Å². The quantitative estimate of drug-likeness (QED) is 0.823. The topological polar surface area (TPSA) is 44.4 Å². The van der Waals surface area contributed by atoms with E-state index in [-0.39, 0.29) is 41.7 Å². The zero-order valence-corrected chi connectivity index (χ0v) is 15.3. The second kappa shape index (κ2) is 8.00. The van der Waals surface area contributed by atoms with Crippen LogP contribution in [0.25, 0.3) is 0 Å². The largest absolute Gasteiger partial charge is 0.354 e. The molecule has 1 aliphatic carbocycles. The molecule has 1 heterocycles. The van der Waals surface area contributed by atoms with Gasteiger partial charge in [-0.05, 0) is 53.2 Å². The van der Waals surface area contributed by atoms with E-state index in [0.29, 0.717) is 12.5 Å². The van der Waals surface area contributed by atoms with Gasteiger partial charge in [0.15, 0.2) is 0 Å². The molecule has 2 N–H and O–H groups in total. The van der Waals surface area contributed by atoms with E-state index in [9.17, 15) is 4.79 Å². The van der Waals surface area contributed by atoms with Crippen molar-refractivity contribution in [3.63, 3.8) is 0 Å². The molecule has 2 fully saturated rings. The van der Waals surface area contributed by atoms with Crippen molar-refractivity contribution in [1.29, 1.82) is 0 Å². The molecule has 1 saturated heterocycles. The number of amides is 1. The van der Waals surface area contributed by atoms with Gasteiger partial charge in [0.1, 0.15) is 0 Å². The van der Waals surface area contributed by atoms with E-state index in [0.717, 1.165) is 19.5 Å². The number of carbonyl (C=O) groups excluding carboxylic acids is 1. The molecule has 1 aliphatic heterocycles. The van der Waals surface area contributed by atoms with E-state index >= 15 is 0 Å². The molecule has 0 aromatic heterocycles. The average molecular weight is 340 g/mol. The summed E-state index contributed by atoms with van der Waals surface area (Å²) in [6.45, 7) is 6.93. The van der Waals surface area contributed by atoms with Gasteiger partial charge in [-0.3, -0.25) is 4.79 Å². The van der Waals surface area contributed by atoms with E-state index in [1.54, 1.807) is 0 Å². The van der Waals surface area contributed by atoms with Gasteiger partial charge in [-0.15, -0.1) is 24.8 Å². The maximum Gasteiger partial charge on any atom is 0.227 e. The molecule has 126 valence electrons. The Balaban J connectivity index is 0.00000200. The second-order valence-electron chi connectivity index (χ2n) is 7.12. The van der Waals surface area contributed by atoms with Gasteiger partial charge in [-0.2, -0.15) is 0 Å². The smallest absolute Gasteiger partial charge is 0.227 e. The molecule has 6 heteroatoms. The van der Waals surface area contributed by atoms with Crippen molar-refractivity contribution in [3.05, 3.63) is 0 Å². The molecule has 0 aromatic rings. The van der Waals surface area contributed by atoms with Crippen LogP contribution in [0.1, 0.15) is 39.5 Å². The van der Waals surface area contributed by atoms with Crippen LogP contribution in [-0.4, -0.2) is 50.1 Å². The summed E-state index contributed by atoms with van der Waals surface area (Å²) in [5.41, 5.74) is -0.122. The van der Waals surface area contributed by atoms with Crippen LogP contribution >= 0.6 is 24.8 Å². The maximum absolute atomic E-state index is 12.7. The fraction of sp³-hybridized carbons (Fsp3) is 0.933. The summed E-state index contributed by atoms with van der Waals surface area (Å²) in [6.07, 6.45) is 4.74. The maximum atomic E-state index is 12.7. The normalized spacial score (nSPS) is 28.3. The van der Waals surface area contributed by atoms with Gasteiger partial charge in [0.25, 0.3) is 0 Å². The standard InChI is InChI=1S/C15H29N3O.2ClH/c1-14(2,18(3)4)10-17-13(19)15-8-6-5-7-12(15)9-16-11-15;;/h12,16H,5-11H2,1-4H3,(H,17,19);2*1H/t12-,15+;;/m0../s1. The van der Waals surface area contributed by atoms with Crippen molar-refractivity contribution in [2.24, 2.45) is 11.3 Å².